The molecule has 0 spiro atoms. The minimum absolute atomic E-state index is 0.917. The van der Waals surface area contributed by atoms with Crippen LogP contribution in [0.15, 0.2) is 12.7 Å². The zero-order valence-electron chi connectivity index (χ0n) is 11.8. The van der Waals surface area contributed by atoms with Crippen LogP contribution in [0.2, 0.25) is 0 Å². The van der Waals surface area contributed by atoms with E-state index < -0.39 is 0 Å². The summed E-state index contributed by atoms with van der Waals surface area (Å²) >= 11 is 0. The van der Waals surface area contributed by atoms with Crippen molar-refractivity contribution in [2.24, 2.45) is 11.8 Å². The Kier molecular flexibility index (Phi) is 11.0. The van der Waals surface area contributed by atoms with Crippen molar-refractivity contribution in [3.8, 4) is 0 Å². The summed E-state index contributed by atoms with van der Waals surface area (Å²) in [5.41, 5.74) is 0. The zero-order valence-corrected chi connectivity index (χ0v) is 11.8. The second-order valence-electron chi connectivity index (χ2n) is 5.25. The van der Waals surface area contributed by atoms with Crippen LogP contribution in [0.4, 0.5) is 0 Å². The van der Waals surface area contributed by atoms with Gasteiger partial charge in [-0.1, -0.05) is 71.8 Å². The summed E-state index contributed by atoms with van der Waals surface area (Å²) in [6, 6.07) is 0. The van der Waals surface area contributed by atoms with Crippen LogP contribution >= 0.6 is 0 Å². The molecule has 0 aliphatic heterocycles. The first-order valence-electron chi connectivity index (χ1n) is 7.39. The fourth-order valence-electron chi connectivity index (χ4n) is 2.56. The lowest BCUT2D eigenvalue weighted by Gasteiger charge is -2.25. The summed E-state index contributed by atoms with van der Waals surface area (Å²) in [7, 11) is 0. The molecule has 16 heavy (non-hydrogen) atoms. The molecule has 1 rings (SSSR count). The van der Waals surface area contributed by atoms with Gasteiger partial charge in [0.2, 0.25) is 0 Å². The Morgan fingerprint density at radius 3 is 2.12 bits per heavy atom. The van der Waals surface area contributed by atoms with Gasteiger partial charge < -0.3 is 0 Å². The molecule has 0 nitrogen and oxygen atoms in total. The molecular formula is C16H32. The first-order valence-corrected chi connectivity index (χ1v) is 7.39. The Morgan fingerprint density at radius 1 is 1.12 bits per heavy atom. The maximum Gasteiger partial charge on any atom is -0.0325 e. The molecule has 0 heterocycles. The molecule has 1 saturated carbocycles. The lowest BCUT2D eigenvalue weighted by atomic mass is 9.81. The standard InChI is InChI=1S/C13H24.C3H8/c1-3-8-12(4-2)11-13-9-6-5-7-10-13;1-3-2/h3,12-13H,1,4-11H2,2H3;3H2,1-2H3. The Bertz CT molecular complexity index is 142. The summed E-state index contributed by atoms with van der Waals surface area (Å²) < 4.78 is 0. The van der Waals surface area contributed by atoms with Gasteiger partial charge in [-0.3, -0.25) is 0 Å². The van der Waals surface area contributed by atoms with Crippen LogP contribution in [0.3, 0.4) is 0 Å². The second-order valence-corrected chi connectivity index (χ2v) is 5.25. The lowest BCUT2D eigenvalue weighted by molar-refractivity contribution is 0.284. The maximum atomic E-state index is 3.84. The van der Waals surface area contributed by atoms with E-state index in [2.05, 4.69) is 33.4 Å². The van der Waals surface area contributed by atoms with Crippen LogP contribution in [0, 0.1) is 11.8 Å². The highest BCUT2D eigenvalue weighted by Crippen LogP contribution is 2.31. The van der Waals surface area contributed by atoms with Crippen molar-refractivity contribution >= 4 is 0 Å². The van der Waals surface area contributed by atoms with Gasteiger partial charge in [-0.05, 0) is 24.7 Å². The molecular weight excluding hydrogens is 192 g/mol. The van der Waals surface area contributed by atoms with Crippen LogP contribution in [-0.4, -0.2) is 0 Å². The quantitative estimate of drug-likeness (QED) is 0.504. The Morgan fingerprint density at radius 2 is 1.69 bits per heavy atom. The highest BCUT2D eigenvalue weighted by molar-refractivity contribution is 4.76. The smallest absolute Gasteiger partial charge is 0.0325 e. The van der Waals surface area contributed by atoms with Crippen LogP contribution in [0.5, 0.6) is 0 Å². The molecule has 0 bridgehead atoms. The van der Waals surface area contributed by atoms with E-state index >= 15 is 0 Å². The molecule has 0 radical (unpaired) electrons. The summed E-state index contributed by atoms with van der Waals surface area (Å²) in [4.78, 5) is 0. The Balaban J connectivity index is 0.000000673. The lowest BCUT2D eigenvalue weighted by Crippen LogP contribution is -2.11. The van der Waals surface area contributed by atoms with Crippen molar-refractivity contribution in [2.45, 2.75) is 78.6 Å². The topological polar surface area (TPSA) is 0 Å². The second kappa shape index (κ2) is 11.2. The molecule has 0 aromatic carbocycles. The molecule has 1 aliphatic carbocycles. The summed E-state index contributed by atoms with van der Waals surface area (Å²) in [5.74, 6) is 1.96. The Labute approximate surface area is 104 Å². The Hall–Kier alpha value is -0.260. The van der Waals surface area contributed by atoms with E-state index in [-0.39, 0.29) is 0 Å². The molecule has 1 unspecified atom stereocenters. The van der Waals surface area contributed by atoms with Crippen LogP contribution in [0.25, 0.3) is 0 Å². The van der Waals surface area contributed by atoms with E-state index in [4.69, 9.17) is 0 Å². The number of rotatable bonds is 5. The number of hydrogen-bond acceptors (Lipinski definition) is 0. The monoisotopic (exact) mass is 224 g/mol. The van der Waals surface area contributed by atoms with Crippen LogP contribution in [-0.2, 0) is 0 Å². The van der Waals surface area contributed by atoms with Crippen LogP contribution < -0.4 is 0 Å². The average molecular weight is 224 g/mol. The van der Waals surface area contributed by atoms with Gasteiger partial charge in [0.15, 0.2) is 0 Å². The first-order chi connectivity index (χ1) is 7.78. The maximum absolute atomic E-state index is 3.84. The minimum Gasteiger partial charge on any atom is -0.103 e. The normalized spacial score (nSPS) is 18.4. The van der Waals surface area contributed by atoms with E-state index in [1.54, 1.807) is 0 Å². The van der Waals surface area contributed by atoms with Crippen molar-refractivity contribution in [1.29, 1.82) is 0 Å². The largest absolute Gasteiger partial charge is 0.103 e. The number of hydrogen-bond donors (Lipinski definition) is 0. The van der Waals surface area contributed by atoms with Crippen molar-refractivity contribution < 1.29 is 0 Å². The van der Waals surface area contributed by atoms with E-state index in [9.17, 15) is 0 Å². The van der Waals surface area contributed by atoms with Gasteiger partial charge in [0, 0.05) is 0 Å². The van der Waals surface area contributed by atoms with E-state index in [0.29, 0.717) is 0 Å². The zero-order chi connectivity index (χ0) is 12.2. The highest BCUT2D eigenvalue weighted by Gasteiger charge is 2.16. The molecule has 0 N–H and O–H groups in total. The van der Waals surface area contributed by atoms with Gasteiger partial charge in [0.05, 0.1) is 0 Å². The minimum atomic E-state index is 0.917. The predicted molar refractivity (Wildman–Crippen MR) is 75.8 cm³/mol. The van der Waals surface area contributed by atoms with E-state index in [1.807, 2.05) is 0 Å². The third kappa shape index (κ3) is 7.96. The van der Waals surface area contributed by atoms with Gasteiger partial charge in [0.25, 0.3) is 0 Å². The van der Waals surface area contributed by atoms with Crippen molar-refractivity contribution in [1.82, 2.24) is 0 Å². The average Bonchev–Trinajstić information content (AvgIpc) is 2.31. The van der Waals surface area contributed by atoms with Crippen LogP contribution in [0.1, 0.15) is 78.6 Å². The van der Waals surface area contributed by atoms with Gasteiger partial charge >= 0.3 is 0 Å². The molecule has 96 valence electrons. The summed E-state index contributed by atoms with van der Waals surface area (Å²) in [5, 5.41) is 0. The molecule has 1 fully saturated rings. The molecule has 0 aromatic heterocycles. The fraction of sp³-hybridized carbons (Fsp3) is 0.875. The van der Waals surface area contributed by atoms with Gasteiger partial charge in [0.1, 0.15) is 0 Å². The van der Waals surface area contributed by atoms with Gasteiger partial charge in [-0.25, -0.2) is 0 Å². The van der Waals surface area contributed by atoms with Crippen molar-refractivity contribution in [3.63, 3.8) is 0 Å². The van der Waals surface area contributed by atoms with E-state index in [1.165, 1.54) is 57.8 Å². The van der Waals surface area contributed by atoms with Gasteiger partial charge in [-0.2, -0.15) is 0 Å². The molecule has 0 aromatic rings. The summed E-state index contributed by atoms with van der Waals surface area (Å²) in [6.07, 6.45) is 14.8. The highest BCUT2D eigenvalue weighted by atomic mass is 14.2. The number of allylic oxidation sites excluding steroid dienone is 1. The third-order valence-corrected chi connectivity index (χ3v) is 3.47. The molecule has 0 saturated heterocycles. The molecule has 0 amide bonds. The fourth-order valence-corrected chi connectivity index (χ4v) is 2.56. The van der Waals surface area contributed by atoms with Gasteiger partial charge in [-0.15, -0.1) is 6.58 Å². The summed E-state index contributed by atoms with van der Waals surface area (Å²) in [6.45, 7) is 10.4. The molecule has 1 atom stereocenters. The predicted octanol–water partition coefficient (Wildman–Crippen LogP) is 5.98. The SMILES string of the molecule is C=CCC(CC)CC1CCCCC1.CCC. The molecule has 1 aliphatic rings. The first kappa shape index (κ1) is 15.7. The van der Waals surface area contributed by atoms with E-state index in [0.717, 1.165) is 11.8 Å². The van der Waals surface area contributed by atoms with Crippen molar-refractivity contribution in [3.05, 3.63) is 12.7 Å². The molecule has 0 heteroatoms. The third-order valence-electron chi connectivity index (χ3n) is 3.47. The van der Waals surface area contributed by atoms with Crippen molar-refractivity contribution in [2.75, 3.05) is 0 Å².